The summed E-state index contributed by atoms with van der Waals surface area (Å²) in [5, 5.41) is 5.42. The van der Waals surface area contributed by atoms with Crippen LogP contribution >= 0.6 is 0 Å². The van der Waals surface area contributed by atoms with Crippen molar-refractivity contribution in [3.05, 3.63) is 54.1 Å². The maximum atomic E-state index is 13.5. The summed E-state index contributed by atoms with van der Waals surface area (Å²) in [6.07, 6.45) is 0. The topological polar surface area (TPSA) is 47.6 Å². The van der Waals surface area contributed by atoms with E-state index >= 15 is 0 Å². The molecule has 2 aromatic rings. The van der Waals surface area contributed by atoms with Gasteiger partial charge in [-0.2, -0.15) is 0 Å². The third-order valence-corrected chi connectivity index (χ3v) is 4.39. The summed E-state index contributed by atoms with van der Waals surface area (Å²) in [4.78, 5) is 16.6. The van der Waals surface area contributed by atoms with Crippen molar-refractivity contribution in [2.75, 3.05) is 55.3 Å². The van der Waals surface area contributed by atoms with Crippen LogP contribution in [0.4, 0.5) is 25.8 Å². The van der Waals surface area contributed by atoms with E-state index in [9.17, 15) is 13.6 Å². The Morgan fingerprint density at radius 1 is 1.04 bits per heavy atom. The summed E-state index contributed by atoms with van der Waals surface area (Å²) in [6, 6.07) is 10.8. The SMILES string of the molecule is CN1CCN(c2ccc(NC(=O)CNc3ccc(F)cc3F)cc2)CC1. The lowest BCUT2D eigenvalue weighted by molar-refractivity contribution is -0.114. The predicted molar refractivity (Wildman–Crippen MR) is 99.6 cm³/mol. The van der Waals surface area contributed by atoms with Gasteiger partial charge < -0.3 is 20.4 Å². The van der Waals surface area contributed by atoms with E-state index in [1.807, 2.05) is 24.3 Å². The van der Waals surface area contributed by atoms with E-state index in [1.165, 1.54) is 6.07 Å². The number of piperazine rings is 1. The van der Waals surface area contributed by atoms with Crippen molar-refractivity contribution in [2.45, 2.75) is 0 Å². The van der Waals surface area contributed by atoms with Crippen molar-refractivity contribution in [1.82, 2.24) is 4.90 Å². The van der Waals surface area contributed by atoms with E-state index in [2.05, 4.69) is 27.5 Å². The van der Waals surface area contributed by atoms with Crippen molar-refractivity contribution in [3.63, 3.8) is 0 Å². The zero-order valence-corrected chi connectivity index (χ0v) is 14.6. The standard InChI is InChI=1S/C19H22F2N4O/c1-24-8-10-25(11-9-24)16-5-3-15(4-6-16)23-19(26)13-22-18-7-2-14(20)12-17(18)21/h2-7,12,22H,8-11,13H2,1H3,(H,23,26). The number of halogens is 2. The van der Waals surface area contributed by atoms with Crippen LogP contribution in [0.2, 0.25) is 0 Å². The lowest BCUT2D eigenvalue weighted by Crippen LogP contribution is -2.44. The Kier molecular flexibility index (Phi) is 5.68. The molecule has 0 unspecified atom stereocenters. The maximum absolute atomic E-state index is 13.5. The Balaban J connectivity index is 1.51. The van der Waals surface area contributed by atoms with Crippen LogP contribution in [0.1, 0.15) is 0 Å². The van der Waals surface area contributed by atoms with E-state index in [4.69, 9.17) is 0 Å². The van der Waals surface area contributed by atoms with Gasteiger partial charge in [0.1, 0.15) is 11.6 Å². The number of carbonyl (C=O) groups is 1. The average Bonchev–Trinajstić information content (AvgIpc) is 2.62. The van der Waals surface area contributed by atoms with Gasteiger partial charge in [-0.05, 0) is 43.4 Å². The number of amides is 1. The summed E-state index contributed by atoms with van der Waals surface area (Å²) in [5.41, 5.74) is 1.89. The maximum Gasteiger partial charge on any atom is 0.243 e. The van der Waals surface area contributed by atoms with Crippen LogP contribution in [0, 0.1) is 11.6 Å². The molecule has 138 valence electrons. The fourth-order valence-electron chi connectivity index (χ4n) is 2.83. The fourth-order valence-corrected chi connectivity index (χ4v) is 2.83. The summed E-state index contributed by atoms with van der Waals surface area (Å²) < 4.78 is 26.4. The summed E-state index contributed by atoms with van der Waals surface area (Å²) >= 11 is 0. The molecular formula is C19H22F2N4O. The van der Waals surface area contributed by atoms with E-state index in [0.717, 1.165) is 44.0 Å². The van der Waals surface area contributed by atoms with Crippen LogP contribution in [-0.4, -0.2) is 50.6 Å². The molecule has 0 bridgehead atoms. The number of nitrogens with one attached hydrogen (secondary N) is 2. The van der Waals surface area contributed by atoms with Crippen molar-refractivity contribution in [2.24, 2.45) is 0 Å². The van der Waals surface area contributed by atoms with E-state index in [0.29, 0.717) is 5.69 Å². The molecule has 5 nitrogen and oxygen atoms in total. The van der Waals surface area contributed by atoms with Gasteiger partial charge in [-0.25, -0.2) is 8.78 Å². The van der Waals surface area contributed by atoms with Gasteiger partial charge in [0.25, 0.3) is 0 Å². The van der Waals surface area contributed by atoms with Gasteiger partial charge >= 0.3 is 0 Å². The van der Waals surface area contributed by atoms with Crippen LogP contribution in [0.5, 0.6) is 0 Å². The molecule has 1 aliphatic rings. The van der Waals surface area contributed by atoms with E-state index in [1.54, 1.807) is 0 Å². The Labute approximate surface area is 151 Å². The van der Waals surface area contributed by atoms with Gasteiger partial charge in [0.15, 0.2) is 0 Å². The second kappa shape index (κ2) is 8.14. The second-order valence-electron chi connectivity index (χ2n) is 6.36. The third-order valence-electron chi connectivity index (χ3n) is 4.39. The van der Waals surface area contributed by atoms with Gasteiger partial charge in [-0.1, -0.05) is 0 Å². The summed E-state index contributed by atoms with van der Waals surface area (Å²) in [5.74, 6) is -1.69. The Morgan fingerprint density at radius 3 is 2.38 bits per heavy atom. The molecule has 26 heavy (non-hydrogen) atoms. The second-order valence-corrected chi connectivity index (χ2v) is 6.36. The Morgan fingerprint density at radius 2 is 1.73 bits per heavy atom. The quantitative estimate of drug-likeness (QED) is 0.861. The number of nitrogens with zero attached hydrogens (tertiary/aromatic N) is 2. The molecule has 0 spiro atoms. The zero-order chi connectivity index (χ0) is 18.5. The molecule has 0 radical (unpaired) electrons. The minimum absolute atomic E-state index is 0.0898. The van der Waals surface area contributed by atoms with Crippen LogP contribution < -0.4 is 15.5 Å². The minimum Gasteiger partial charge on any atom is -0.374 e. The molecule has 0 saturated carbocycles. The van der Waals surface area contributed by atoms with Crippen molar-refractivity contribution >= 4 is 23.0 Å². The molecule has 1 aliphatic heterocycles. The first-order chi connectivity index (χ1) is 12.5. The minimum atomic E-state index is -0.727. The van der Waals surface area contributed by atoms with Crippen LogP contribution in [-0.2, 0) is 4.79 Å². The van der Waals surface area contributed by atoms with Crippen LogP contribution in [0.25, 0.3) is 0 Å². The number of rotatable bonds is 5. The molecule has 1 heterocycles. The van der Waals surface area contributed by atoms with Gasteiger partial charge in [-0.15, -0.1) is 0 Å². The monoisotopic (exact) mass is 360 g/mol. The number of likely N-dealkylation sites (N-methyl/N-ethyl adjacent to an activating group) is 1. The third kappa shape index (κ3) is 4.70. The first-order valence-electron chi connectivity index (χ1n) is 8.53. The molecule has 1 amide bonds. The Hall–Kier alpha value is -2.67. The molecule has 2 aromatic carbocycles. The van der Waals surface area contributed by atoms with E-state index in [-0.39, 0.29) is 18.1 Å². The highest BCUT2D eigenvalue weighted by Crippen LogP contribution is 2.19. The van der Waals surface area contributed by atoms with Crippen LogP contribution in [0.3, 0.4) is 0 Å². The highest BCUT2D eigenvalue weighted by molar-refractivity contribution is 5.93. The molecule has 0 atom stereocenters. The number of carbonyl (C=O) groups excluding carboxylic acids is 1. The zero-order valence-electron chi connectivity index (χ0n) is 14.6. The normalized spacial score (nSPS) is 15.0. The van der Waals surface area contributed by atoms with Gasteiger partial charge in [0.05, 0.1) is 12.2 Å². The first-order valence-corrected chi connectivity index (χ1v) is 8.53. The lowest BCUT2D eigenvalue weighted by Gasteiger charge is -2.34. The van der Waals surface area contributed by atoms with E-state index < -0.39 is 11.6 Å². The molecule has 1 fully saturated rings. The highest BCUT2D eigenvalue weighted by Gasteiger charge is 2.14. The number of hydrogen-bond acceptors (Lipinski definition) is 4. The average molecular weight is 360 g/mol. The number of benzene rings is 2. The molecule has 3 rings (SSSR count). The molecular weight excluding hydrogens is 338 g/mol. The van der Waals surface area contributed by atoms with Gasteiger partial charge in [0, 0.05) is 43.6 Å². The summed E-state index contributed by atoms with van der Waals surface area (Å²) in [7, 11) is 2.11. The number of hydrogen-bond donors (Lipinski definition) is 2. The van der Waals surface area contributed by atoms with Crippen molar-refractivity contribution in [1.29, 1.82) is 0 Å². The largest absolute Gasteiger partial charge is 0.374 e. The first kappa shape index (κ1) is 18.1. The fraction of sp³-hybridized carbons (Fsp3) is 0.316. The smallest absolute Gasteiger partial charge is 0.243 e. The summed E-state index contributed by atoms with van der Waals surface area (Å²) in [6.45, 7) is 3.92. The van der Waals surface area contributed by atoms with Gasteiger partial charge in [-0.3, -0.25) is 4.79 Å². The molecule has 2 N–H and O–H groups in total. The molecule has 1 saturated heterocycles. The molecule has 0 aliphatic carbocycles. The van der Waals surface area contributed by atoms with Gasteiger partial charge in [0.2, 0.25) is 5.91 Å². The van der Waals surface area contributed by atoms with Crippen LogP contribution in [0.15, 0.2) is 42.5 Å². The number of anilines is 3. The van der Waals surface area contributed by atoms with Crippen molar-refractivity contribution in [3.8, 4) is 0 Å². The Bertz CT molecular complexity index is 759. The molecule has 0 aromatic heterocycles. The molecule has 7 heteroatoms. The predicted octanol–water partition coefficient (Wildman–Crippen LogP) is 2.77. The lowest BCUT2D eigenvalue weighted by atomic mass is 10.2. The van der Waals surface area contributed by atoms with Crippen molar-refractivity contribution < 1.29 is 13.6 Å². The highest BCUT2D eigenvalue weighted by atomic mass is 19.1.